The number of pyridine rings is 1. The summed E-state index contributed by atoms with van der Waals surface area (Å²) in [6.45, 7) is 5.24. The predicted molar refractivity (Wildman–Crippen MR) is 92.3 cm³/mol. The van der Waals surface area contributed by atoms with E-state index in [1.165, 1.54) is 0 Å². The zero-order valence-electron chi connectivity index (χ0n) is 14.0. The quantitative estimate of drug-likeness (QED) is 0.511. The van der Waals surface area contributed by atoms with Crippen LogP contribution in [0.3, 0.4) is 0 Å². The molecule has 0 saturated carbocycles. The molecule has 0 fully saturated rings. The molecule has 6 nitrogen and oxygen atoms in total. The maximum absolute atomic E-state index is 12.4. The van der Waals surface area contributed by atoms with E-state index in [-0.39, 0.29) is 16.6 Å². The Kier molecular flexibility index (Phi) is 4.81. The van der Waals surface area contributed by atoms with E-state index >= 15 is 0 Å². The highest BCUT2D eigenvalue weighted by Gasteiger charge is 2.23. The number of aromatic nitrogens is 3. The van der Waals surface area contributed by atoms with Crippen LogP contribution in [0.2, 0.25) is 5.15 Å². The molecule has 2 heterocycles. The van der Waals surface area contributed by atoms with Crippen LogP contribution in [0.15, 0.2) is 40.9 Å². The Balaban J connectivity index is 1.78. The molecule has 0 radical (unpaired) electrons. The van der Waals surface area contributed by atoms with Gasteiger partial charge in [0.2, 0.25) is 5.82 Å². The van der Waals surface area contributed by atoms with Crippen LogP contribution in [-0.2, 0) is 4.74 Å². The summed E-state index contributed by atoms with van der Waals surface area (Å²) in [5.74, 6) is 0.0627. The highest BCUT2D eigenvalue weighted by Crippen LogP contribution is 2.24. The van der Waals surface area contributed by atoms with Crippen molar-refractivity contribution in [3.05, 3.63) is 64.3 Å². The molecule has 1 atom stereocenters. The Labute approximate surface area is 149 Å². The SMILES string of the molecule is Cc1cc(C)c(C(=O)O[C@@H](C)c2nc(-c3ccccc3)no2)c(Cl)n1. The maximum atomic E-state index is 12.4. The number of ether oxygens (including phenoxy) is 1. The van der Waals surface area contributed by atoms with Gasteiger partial charge in [-0.1, -0.05) is 47.1 Å². The van der Waals surface area contributed by atoms with Crippen LogP contribution in [0.1, 0.15) is 40.5 Å². The molecule has 7 heteroatoms. The van der Waals surface area contributed by atoms with Gasteiger partial charge in [0, 0.05) is 11.3 Å². The second-order valence-corrected chi connectivity index (χ2v) is 5.97. The standard InChI is InChI=1S/C18H16ClN3O3/c1-10-9-11(2)20-15(19)14(10)18(23)24-12(3)17-21-16(22-25-17)13-7-5-4-6-8-13/h4-9,12H,1-3H3/t12-/m0/s1. The highest BCUT2D eigenvalue weighted by molar-refractivity contribution is 6.32. The Morgan fingerprint density at radius 1 is 1.20 bits per heavy atom. The van der Waals surface area contributed by atoms with Crippen molar-refractivity contribution < 1.29 is 14.1 Å². The molecular weight excluding hydrogens is 342 g/mol. The van der Waals surface area contributed by atoms with Crippen LogP contribution >= 0.6 is 11.6 Å². The van der Waals surface area contributed by atoms with Gasteiger partial charge in [-0.15, -0.1) is 0 Å². The number of hydrogen-bond donors (Lipinski definition) is 0. The second-order valence-electron chi connectivity index (χ2n) is 5.62. The normalized spacial score (nSPS) is 12.0. The monoisotopic (exact) mass is 357 g/mol. The summed E-state index contributed by atoms with van der Waals surface area (Å²) in [5.41, 5.74) is 2.49. The molecule has 0 saturated heterocycles. The molecule has 0 amide bonds. The fraction of sp³-hybridized carbons (Fsp3) is 0.222. The van der Waals surface area contributed by atoms with Crippen molar-refractivity contribution in [3.63, 3.8) is 0 Å². The molecule has 0 bridgehead atoms. The number of aryl methyl sites for hydroxylation is 2. The minimum atomic E-state index is -0.714. The van der Waals surface area contributed by atoms with E-state index in [1.54, 1.807) is 26.8 Å². The Bertz CT molecular complexity index is 886. The first-order valence-electron chi connectivity index (χ1n) is 7.69. The van der Waals surface area contributed by atoms with Crippen LogP contribution in [-0.4, -0.2) is 21.1 Å². The lowest BCUT2D eigenvalue weighted by atomic mass is 10.1. The van der Waals surface area contributed by atoms with Crippen LogP contribution in [0.25, 0.3) is 11.4 Å². The van der Waals surface area contributed by atoms with Crippen LogP contribution in [0.4, 0.5) is 0 Å². The second kappa shape index (κ2) is 7.03. The van der Waals surface area contributed by atoms with E-state index in [0.29, 0.717) is 11.4 Å². The van der Waals surface area contributed by atoms with E-state index < -0.39 is 12.1 Å². The molecule has 128 valence electrons. The van der Waals surface area contributed by atoms with Gasteiger partial charge < -0.3 is 9.26 Å². The van der Waals surface area contributed by atoms with Crippen LogP contribution < -0.4 is 0 Å². The van der Waals surface area contributed by atoms with Gasteiger partial charge in [-0.3, -0.25) is 0 Å². The van der Waals surface area contributed by atoms with Crippen LogP contribution in [0, 0.1) is 13.8 Å². The van der Waals surface area contributed by atoms with E-state index in [4.69, 9.17) is 20.9 Å². The van der Waals surface area contributed by atoms with Crippen molar-refractivity contribution in [2.45, 2.75) is 26.9 Å². The molecule has 0 aliphatic rings. The van der Waals surface area contributed by atoms with Gasteiger partial charge in [-0.2, -0.15) is 4.98 Å². The molecule has 2 aromatic heterocycles. The third-order valence-electron chi connectivity index (χ3n) is 3.61. The number of rotatable bonds is 4. The number of esters is 1. The van der Waals surface area contributed by atoms with Crippen molar-refractivity contribution >= 4 is 17.6 Å². The first-order chi connectivity index (χ1) is 12.0. The summed E-state index contributed by atoms with van der Waals surface area (Å²) >= 11 is 6.08. The lowest BCUT2D eigenvalue weighted by molar-refractivity contribution is 0.0264. The van der Waals surface area contributed by atoms with Gasteiger partial charge in [-0.05, 0) is 32.4 Å². The van der Waals surface area contributed by atoms with Crippen molar-refractivity contribution in [2.24, 2.45) is 0 Å². The van der Waals surface area contributed by atoms with E-state index in [9.17, 15) is 4.79 Å². The molecule has 0 spiro atoms. The van der Waals surface area contributed by atoms with Crippen LogP contribution in [0.5, 0.6) is 0 Å². The Morgan fingerprint density at radius 3 is 2.60 bits per heavy atom. The average molecular weight is 358 g/mol. The Morgan fingerprint density at radius 2 is 1.92 bits per heavy atom. The van der Waals surface area contributed by atoms with Gasteiger partial charge >= 0.3 is 5.97 Å². The third kappa shape index (κ3) is 3.69. The zero-order chi connectivity index (χ0) is 18.0. The molecule has 0 aliphatic carbocycles. The molecule has 3 rings (SSSR count). The van der Waals surface area contributed by atoms with Crippen molar-refractivity contribution in [1.82, 2.24) is 15.1 Å². The molecule has 0 N–H and O–H groups in total. The zero-order valence-corrected chi connectivity index (χ0v) is 14.7. The fourth-order valence-corrected chi connectivity index (χ4v) is 2.77. The molecule has 0 aliphatic heterocycles. The molecule has 3 aromatic rings. The Hall–Kier alpha value is -2.73. The number of carbonyl (C=O) groups is 1. The maximum Gasteiger partial charge on any atom is 0.342 e. The van der Waals surface area contributed by atoms with Crippen molar-refractivity contribution in [2.75, 3.05) is 0 Å². The smallest absolute Gasteiger partial charge is 0.342 e. The molecular formula is C18H16ClN3O3. The minimum Gasteiger partial charge on any atom is -0.449 e. The average Bonchev–Trinajstić information content (AvgIpc) is 3.04. The summed E-state index contributed by atoms with van der Waals surface area (Å²) in [6, 6.07) is 11.2. The lowest BCUT2D eigenvalue weighted by Crippen LogP contribution is -2.12. The summed E-state index contributed by atoms with van der Waals surface area (Å²) in [6.07, 6.45) is -0.714. The predicted octanol–water partition coefficient (Wildman–Crippen LogP) is 4.32. The number of hydrogen-bond acceptors (Lipinski definition) is 6. The summed E-state index contributed by atoms with van der Waals surface area (Å²) < 4.78 is 10.6. The largest absolute Gasteiger partial charge is 0.449 e. The lowest BCUT2D eigenvalue weighted by Gasteiger charge is -2.12. The van der Waals surface area contributed by atoms with E-state index in [0.717, 1.165) is 11.3 Å². The summed E-state index contributed by atoms with van der Waals surface area (Å²) in [5, 5.41) is 4.03. The summed E-state index contributed by atoms with van der Waals surface area (Å²) in [7, 11) is 0. The number of carbonyl (C=O) groups excluding carboxylic acids is 1. The molecule has 1 aromatic carbocycles. The van der Waals surface area contributed by atoms with Gasteiger partial charge in [-0.25, -0.2) is 9.78 Å². The first-order valence-corrected chi connectivity index (χ1v) is 8.07. The van der Waals surface area contributed by atoms with Gasteiger partial charge in [0.15, 0.2) is 6.10 Å². The molecule has 0 unspecified atom stereocenters. The summed E-state index contributed by atoms with van der Waals surface area (Å²) in [4.78, 5) is 20.8. The number of nitrogens with zero attached hydrogens (tertiary/aromatic N) is 3. The van der Waals surface area contributed by atoms with Crippen molar-refractivity contribution in [1.29, 1.82) is 0 Å². The van der Waals surface area contributed by atoms with E-state index in [2.05, 4.69) is 15.1 Å². The number of benzene rings is 1. The topological polar surface area (TPSA) is 78.1 Å². The van der Waals surface area contributed by atoms with Gasteiger partial charge in [0.1, 0.15) is 5.15 Å². The van der Waals surface area contributed by atoms with Crippen molar-refractivity contribution in [3.8, 4) is 11.4 Å². The highest BCUT2D eigenvalue weighted by atomic mass is 35.5. The van der Waals surface area contributed by atoms with Gasteiger partial charge in [0.25, 0.3) is 5.89 Å². The first kappa shape index (κ1) is 17.1. The van der Waals surface area contributed by atoms with E-state index in [1.807, 2.05) is 30.3 Å². The number of halogens is 1. The fourth-order valence-electron chi connectivity index (χ4n) is 2.41. The minimum absolute atomic E-state index is 0.116. The van der Waals surface area contributed by atoms with Gasteiger partial charge in [0.05, 0.1) is 5.56 Å². The third-order valence-corrected chi connectivity index (χ3v) is 3.88. The molecule has 25 heavy (non-hydrogen) atoms.